The number of piperazine rings is 1. The average molecular weight is 445 g/mol. The highest BCUT2D eigenvalue weighted by molar-refractivity contribution is 7.89. The maximum Gasteiger partial charge on any atom is 0.255 e. The van der Waals surface area contributed by atoms with Crippen molar-refractivity contribution in [2.45, 2.75) is 38.1 Å². The monoisotopic (exact) mass is 444 g/mol. The topological polar surface area (TPSA) is 81.7 Å². The van der Waals surface area contributed by atoms with E-state index in [1.807, 2.05) is 24.3 Å². The Kier molecular flexibility index (Phi) is 6.73. The quantitative estimate of drug-likeness (QED) is 0.741. The van der Waals surface area contributed by atoms with Gasteiger partial charge in [0, 0.05) is 48.7 Å². The van der Waals surface area contributed by atoms with Crippen LogP contribution in [-0.4, -0.2) is 58.0 Å². The second kappa shape index (κ2) is 8.98. The lowest BCUT2D eigenvalue weighted by molar-refractivity contribution is 0.102. The largest absolute Gasteiger partial charge is 0.369 e. The van der Waals surface area contributed by atoms with Crippen molar-refractivity contribution in [3.8, 4) is 0 Å². The average Bonchev–Trinajstić information content (AvgIpc) is 2.67. The number of amides is 1. The van der Waals surface area contributed by atoms with Gasteiger partial charge in [-0.3, -0.25) is 4.79 Å². The van der Waals surface area contributed by atoms with Crippen molar-refractivity contribution < 1.29 is 13.2 Å². The number of sulfonamides is 1. The predicted octanol–water partition coefficient (Wildman–Crippen LogP) is 3.08. The minimum atomic E-state index is -3.72. The van der Waals surface area contributed by atoms with E-state index in [2.05, 4.69) is 26.9 Å². The number of hydrogen-bond acceptors (Lipinski definition) is 5. The highest BCUT2D eigenvalue weighted by atomic mass is 32.2. The van der Waals surface area contributed by atoms with Crippen LogP contribution in [0.3, 0.4) is 0 Å². The van der Waals surface area contributed by atoms with Gasteiger partial charge >= 0.3 is 0 Å². The molecule has 168 valence electrons. The standard InChI is InChI=1S/C23H32N4O3S/c1-17-6-11-20(31(29,30)25-23(2,3)4)16-21(17)22(28)24-18-7-9-19(10-8-18)27-14-12-26(5)13-15-27/h6-11,16,25H,12-15H2,1-5H3,(H,24,28). The Morgan fingerprint density at radius 3 is 2.16 bits per heavy atom. The smallest absolute Gasteiger partial charge is 0.255 e. The zero-order chi connectivity index (χ0) is 22.8. The van der Waals surface area contributed by atoms with Crippen LogP contribution >= 0.6 is 0 Å². The number of anilines is 2. The summed E-state index contributed by atoms with van der Waals surface area (Å²) in [7, 11) is -1.60. The van der Waals surface area contributed by atoms with Gasteiger partial charge in [-0.25, -0.2) is 13.1 Å². The van der Waals surface area contributed by atoms with Gasteiger partial charge in [0.1, 0.15) is 0 Å². The van der Waals surface area contributed by atoms with Crippen LogP contribution in [0, 0.1) is 6.92 Å². The number of hydrogen-bond donors (Lipinski definition) is 2. The maximum absolute atomic E-state index is 12.9. The Morgan fingerprint density at radius 1 is 0.968 bits per heavy atom. The Morgan fingerprint density at radius 2 is 1.58 bits per heavy atom. The number of benzene rings is 2. The molecule has 0 radical (unpaired) electrons. The van der Waals surface area contributed by atoms with Crippen LogP contribution in [0.15, 0.2) is 47.4 Å². The molecule has 2 aromatic carbocycles. The van der Waals surface area contributed by atoms with Crippen LogP contribution in [0.1, 0.15) is 36.7 Å². The molecule has 0 aliphatic carbocycles. The molecule has 1 aliphatic heterocycles. The molecular weight excluding hydrogens is 412 g/mol. The summed E-state index contributed by atoms with van der Waals surface area (Å²) in [6.07, 6.45) is 0. The van der Waals surface area contributed by atoms with E-state index >= 15 is 0 Å². The number of carbonyl (C=O) groups is 1. The minimum Gasteiger partial charge on any atom is -0.369 e. The minimum absolute atomic E-state index is 0.0728. The molecule has 1 fully saturated rings. The summed E-state index contributed by atoms with van der Waals surface area (Å²) < 4.78 is 27.9. The van der Waals surface area contributed by atoms with Crippen molar-refractivity contribution in [3.63, 3.8) is 0 Å². The molecule has 0 spiro atoms. The first-order valence-corrected chi connectivity index (χ1v) is 11.9. The van der Waals surface area contributed by atoms with Gasteiger partial charge in [-0.1, -0.05) is 6.07 Å². The lowest BCUT2D eigenvalue weighted by Crippen LogP contribution is -2.44. The lowest BCUT2D eigenvalue weighted by atomic mass is 10.1. The Balaban J connectivity index is 1.74. The van der Waals surface area contributed by atoms with Crippen molar-refractivity contribution in [1.82, 2.24) is 9.62 Å². The molecule has 0 unspecified atom stereocenters. The highest BCUT2D eigenvalue weighted by Gasteiger charge is 2.23. The normalized spacial score (nSPS) is 15.7. The summed E-state index contributed by atoms with van der Waals surface area (Å²) in [5, 5.41) is 2.88. The van der Waals surface area contributed by atoms with E-state index in [-0.39, 0.29) is 10.8 Å². The van der Waals surface area contributed by atoms with Crippen molar-refractivity contribution >= 4 is 27.3 Å². The van der Waals surface area contributed by atoms with Gasteiger partial charge in [-0.15, -0.1) is 0 Å². The number of likely N-dealkylation sites (N-methyl/N-ethyl adjacent to an activating group) is 1. The van der Waals surface area contributed by atoms with Gasteiger partial charge in [-0.05, 0) is 76.7 Å². The molecule has 1 saturated heterocycles. The third kappa shape index (κ3) is 6.06. The summed E-state index contributed by atoms with van der Waals surface area (Å²) in [6, 6.07) is 12.4. The number of carbonyl (C=O) groups excluding carboxylic acids is 1. The number of nitrogens with one attached hydrogen (secondary N) is 2. The molecule has 8 heteroatoms. The summed E-state index contributed by atoms with van der Waals surface area (Å²) >= 11 is 0. The SMILES string of the molecule is Cc1ccc(S(=O)(=O)NC(C)(C)C)cc1C(=O)Nc1ccc(N2CCN(C)CC2)cc1. The number of rotatable bonds is 5. The van der Waals surface area contributed by atoms with E-state index in [9.17, 15) is 13.2 Å². The van der Waals surface area contributed by atoms with E-state index in [1.165, 1.54) is 12.1 Å². The molecule has 1 aliphatic rings. The lowest BCUT2D eigenvalue weighted by Gasteiger charge is -2.34. The van der Waals surface area contributed by atoms with Gasteiger partial charge in [0.05, 0.1) is 4.90 Å². The zero-order valence-electron chi connectivity index (χ0n) is 18.9. The summed E-state index contributed by atoms with van der Waals surface area (Å²) in [5.41, 5.74) is 2.23. The molecule has 7 nitrogen and oxygen atoms in total. The molecule has 0 bridgehead atoms. The second-order valence-electron chi connectivity index (χ2n) is 9.12. The molecule has 2 aromatic rings. The van der Waals surface area contributed by atoms with Crippen molar-refractivity contribution in [2.24, 2.45) is 0 Å². The Hall–Kier alpha value is -2.42. The number of nitrogens with zero attached hydrogens (tertiary/aromatic N) is 2. The first-order valence-electron chi connectivity index (χ1n) is 10.4. The van der Waals surface area contributed by atoms with Gasteiger partial charge in [0.15, 0.2) is 0 Å². The predicted molar refractivity (Wildman–Crippen MR) is 125 cm³/mol. The van der Waals surface area contributed by atoms with Crippen LogP contribution in [0.2, 0.25) is 0 Å². The summed E-state index contributed by atoms with van der Waals surface area (Å²) in [6.45, 7) is 11.1. The van der Waals surface area contributed by atoms with Crippen molar-refractivity contribution in [3.05, 3.63) is 53.6 Å². The molecule has 31 heavy (non-hydrogen) atoms. The summed E-state index contributed by atoms with van der Waals surface area (Å²) in [4.78, 5) is 17.6. The van der Waals surface area contributed by atoms with Gasteiger partial charge in [-0.2, -0.15) is 0 Å². The van der Waals surface area contributed by atoms with Crippen LogP contribution in [0.25, 0.3) is 0 Å². The van der Waals surface area contributed by atoms with Crippen LogP contribution in [0.5, 0.6) is 0 Å². The Labute approximate surface area is 185 Å². The van der Waals surface area contributed by atoms with Crippen molar-refractivity contribution in [1.29, 1.82) is 0 Å². The first kappa shape index (κ1) is 23.2. The molecule has 1 amide bonds. The van der Waals surface area contributed by atoms with E-state index < -0.39 is 15.6 Å². The van der Waals surface area contributed by atoms with Crippen molar-refractivity contribution in [2.75, 3.05) is 43.4 Å². The van der Waals surface area contributed by atoms with Gasteiger partial charge in [0.2, 0.25) is 10.0 Å². The summed E-state index contributed by atoms with van der Waals surface area (Å²) in [5.74, 6) is -0.336. The second-order valence-corrected chi connectivity index (χ2v) is 10.8. The molecule has 1 heterocycles. The van der Waals surface area contributed by atoms with E-state index in [0.717, 1.165) is 31.9 Å². The molecule has 0 saturated carbocycles. The van der Waals surface area contributed by atoms with E-state index in [1.54, 1.807) is 33.8 Å². The molecule has 0 aromatic heterocycles. The third-order valence-electron chi connectivity index (χ3n) is 5.20. The fourth-order valence-corrected chi connectivity index (χ4v) is 4.94. The molecular formula is C23H32N4O3S. The maximum atomic E-state index is 12.9. The van der Waals surface area contributed by atoms with Crippen LogP contribution in [-0.2, 0) is 10.0 Å². The highest BCUT2D eigenvalue weighted by Crippen LogP contribution is 2.22. The van der Waals surface area contributed by atoms with Crippen LogP contribution in [0.4, 0.5) is 11.4 Å². The molecule has 3 rings (SSSR count). The Bertz CT molecular complexity index is 1040. The van der Waals surface area contributed by atoms with E-state index in [0.29, 0.717) is 16.8 Å². The number of aryl methyl sites for hydroxylation is 1. The third-order valence-corrected chi connectivity index (χ3v) is 6.95. The zero-order valence-corrected chi connectivity index (χ0v) is 19.7. The van der Waals surface area contributed by atoms with Gasteiger partial charge < -0.3 is 15.1 Å². The molecule has 2 N–H and O–H groups in total. The van der Waals surface area contributed by atoms with Gasteiger partial charge in [0.25, 0.3) is 5.91 Å². The first-order chi connectivity index (χ1) is 14.4. The molecule has 0 atom stereocenters. The van der Waals surface area contributed by atoms with E-state index in [4.69, 9.17) is 0 Å². The fraction of sp³-hybridized carbons (Fsp3) is 0.435. The fourth-order valence-electron chi connectivity index (χ4n) is 3.49. The van der Waals surface area contributed by atoms with Crippen LogP contribution < -0.4 is 14.9 Å².